The summed E-state index contributed by atoms with van der Waals surface area (Å²) in [6.45, 7) is 0.892. The number of piperidine rings is 1. The van der Waals surface area contributed by atoms with Crippen LogP contribution in [0.4, 0.5) is 5.95 Å². The van der Waals surface area contributed by atoms with Gasteiger partial charge in [0.25, 0.3) is 0 Å². The van der Waals surface area contributed by atoms with Crippen molar-refractivity contribution in [2.45, 2.75) is 31.7 Å². The number of likely N-dealkylation sites (tertiary alicyclic amines) is 1. The van der Waals surface area contributed by atoms with E-state index in [1.54, 1.807) is 0 Å². The zero-order valence-corrected chi connectivity index (χ0v) is 9.63. The van der Waals surface area contributed by atoms with E-state index in [-0.39, 0.29) is 0 Å². The van der Waals surface area contributed by atoms with E-state index in [9.17, 15) is 0 Å². The number of hydrogen-bond acceptors (Lipinski definition) is 5. The molecule has 1 aliphatic heterocycles. The molecule has 0 saturated carbocycles. The summed E-state index contributed by atoms with van der Waals surface area (Å²) in [5.74, 6) is 0.903. The van der Waals surface area contributed by atoms with E-state index in [0.717, 1.165) is 37.1 Å². The first kappa shape index (κ1) is 10.3. The van der Waals surface area contributed by atoms with E-state index in [2.05, 4.69) is 16.2 Å². The van der Waals surface area contributed by atoms with Gasteiger partial charge < -0.3 is 10.6 Å². The van der Waals surface area contributed by atoms with E-state index in [0.29, 0.717) is 17.9 Å². The Morgan fingerprint density at radius 1 is 1.47 bits per heavy atom. The van der Waals surface area contributed by atoms with Crippen LogP contribution in [0.3, 0.4) is 0 Å². The van der Waals surface area contributed by atoms with Gasteiger partial charge in [-0.1, -0.05) is 0 Å². The zero-order chi connectivity index (χ0) is 11.8. The lowest BCUT2D eigenvalue weighted by Crippen LogP contribution is -2.47. The molecule has 0 bridgehead atoms. The molecule has 0 radical (unpaired) electrons. The van der Waals surface area contributed by atoms with Gasteiger partial charge in [0.05, 0.1) is 0 Å². The van der Waals surface area contributed by atoms with Gasteiger partial charge in [-0.3, -0.25) is 0 Å². The lowest BCUT2D eigenvalue weighted by molar-refractivity contribution is 0.139. The number of fused-ring (bicyclic) bond motifs is 2. The van der Waals surface area contributed by atoms with E-state index in [1.807, 2.05) is 11.1 Å². The highest BCUT2D eigenvalue weighted by atomic mass is 15.2. The minimum Gasteiger partial charge on any atom is -0.368 e. The van der Waals surface area contributed by atoms with Gasteiger partial charge in [-0.2, -0.15) is 5.26 Å². The minimum absolute atomic E-state index is 0.341. The van der Waals surface area contributed by atoms with Crippen molar-refractivity contribution < 1.29 is 0 Å². The van der Waals surface area contributed by atoms with Gasteiger partial charge in [-0.05, 0) is 37.2 Å². The molecule has 3 rings (SSSR count). The lowest BCUT2D eigenvalue weighted by Gasteiger charge is -2.41. The average Bonchev–Trinajstić information content (AvgIpc) is 2.35. The fourth-order valence-corrected chi connectivity index (χ4v) is 3.05. The van der Waals surface area contributed by atoms with Crippen LogP contribution in [-0.2, 0) is 12.8 Å². The number of rotatable bonds is 0. The topological polar surface area (TPSA) is 78.8 Å². The molecule has 5 nitrogen and oxygen atoms in total. The summed E-state index contributed by atoms with van der Waals surface area (Å²) in [6.07, 6.45) is 8.24. The second-order valence-corrected chi connectivity index (χ2v) is 4.87. The molecule has 0 aromatic carbocycles. The van der Waals surface area contributed by atoms with Crippen LogP contribution >= 0.6 is 0 Å². The third kappa shape index (κ3) is 1.70. The van der Waals surface area contributed by atoms with Crippen molar-refractivity contribution in [3.63, 3.8) is 0 Å². The van der Waals surface area contributed by atoms with Crippen molar-refractivity contribution in [3.05, 3.63) is 17.5 Å². The number of aromatic nitrogens is 2. The van der Waals surface area contributed by atoms with E-state index >= 15 is 0 Å². The van der Waals surface area contributed by atoms with Crippen LogP contribution in [0, 0.1) is 17.4 Å². The van der Waals surface area contributed by atoms with Crippen LogP contribution in [0.5, 0.6) is 0 Å². The fourth-order valence-electron chi connectivity index (χ4n) is 3.05. The number of nitriles is 1. The maximum Gasteiger partial charge on any atom is 0.220 e. The average molecular weight is 229 g/mol. The van der Waals surface area contributed by atoms with E-state index in [1.165, 1.54) is 6.42 Å². The van der Waals surface area contributed by atoms with Crippen molar-refractivity contribution in [1.29, 1.82) is 5.26 Å². The molecule has 2 heterocycles. The number of nitrogens with zero attached hydrogens (tertiary/aromatic N) is 4. The predicted molar refractivity (Wildman–Crippen MR) is 62.7 cm³/mol. The molecule has 0 amide bonds. The standard InChI is InChI=1S/C12H15N5/c13-7-17-3-1-2-8-4-10-9(5-11(8)17)6-15-12(14)16-10/h6,8,11H,1-5H2,(H2,14,15,16). The summed E-state index contributed by atoms with van der Waals surface area (Å²) in [5.41, 5.74) is 7.86. The van der Waals surface area contributed by atoms with Gasteiger partial charge in [-0.25, -0.2) is 9.97 Å². The molecule has 2 N–H and O–H groups in total. The van der Waals surface area contributed by atoms with Crippen LogP contribution in [-0.4, -0.2) is 27.5 Å². The number of nitrogen functional groups attached to an aromatic ring is 1. The first-order valence-corrected chi connectivity index (χ1v) is 6.04. The molecule has 88 valence electrons. The second kappa shape index (κ2) is 3.88. The largest absolute Gasteiger partial charge is 0.368 e. The first-order valence-electron chi connectivity index (χ1n) is 6.04. The molecule has 1 aromatic rings. The molecule has 1 aromatic heterocycles. The second-order valence-electron chi connectivity index (χ2n) is 4.87. The molecular formula is C12H15N5. The van der Waals surface area contributed by atoms with Gasteiger partial charge in [0.1, 0.15) is 0 Å². The molecule has 1 saturated heterocycles. The summed E-state index contributed by atoms with van der Waals surface area (Å²) in [6, 6.07) is 0.341. The first-order chi connectivity index (χ1) is 8.28. The molecule has 2 atom stereocenters. The van der Waals surface area contributed by atoms with Crippen LogP contribution in [0.2, 0.25) is 0 Å². The molecule has 17 heavy (non-hydrogen) atoms. The maximum atomic E-state index is 9.15. The van der Waals surface area contributed by atoms with Gasteiger partial charge >= 0.3 is 0 Å². The zero-order valence-electron chi connectivity index (χ0n) is 9.63. The fraction of sp³-hybridized carbons (Fsp3) is 0.583. The normalized spacial score (nSPS) is 26.9. The SMILES string of the molecule is N#CN1CCCC2Cc3nc(N)ncc3CC21. The third-order valence-electron chi connectivity index (χ3n) is 3.90. The third-order valence-corrected chi connectivity index (χ3v) is 3.90. The molecule has 2 unspecified atom stereocenters. The summed E-state index contributed by atoms with van der Waals surface area (Å²) in [7, 11) is 0. The molecule has 5 heteroatoms. The summed E-state index contributed by atoms with van der Waals surface area (Å²) >= 11 is 0. The Morgan fingerprint density at radius 3 is 3.18 bits per heavy atom. The maximum absolute atomic E-state index is 9.15. The Labute approximate surface area is 100 Å². The van der Waals surface area contributed by atoms with Gasteiger partial charge in [0, 0.05) is 24.5 Å². The lowest BCUT2D eigenvalue weighted by atomic mass is 9.77. The highest BCUT2D eigenvalue weighted by Gasteiger charge is 2.35. The summed E-state index contributed by atoms with van der Waals surface area (Å²) in [5, 5.41) is 9.15. The highest BCUT2D eigenvalue weighted by molar-refractivity contribution is 5.29. The molecule has 1 aliphatic carbocycles. The Hall–Kier alpha value is -1.83. The van der Waals surface area contributed by atoms with Gasteiger partial charge in [0.2, 0.25) is 5.95 Å². The number of nitrogens with two attached hydrogens (primary N) is 1. The smallest absolute Gasteiger partial charge is 0.220 e. The Balaban J connectivity index is 1.93. The minimum atomic E-state index is 0.341. The van der Waals surface area contributed by atoms with Crippen molar-refractivity contribution in [1.82, 2.24) is 14.9 Å². The quantitative estimate of drug-likeness (QED) is 0.663. The summed E-state index contributed by atoms with van der Waals surface area (Å²) < 4.78 is 0. The predicted octanol–water partition coefficient (Wildman–Crippen LogP) is 0.719. The molecule has 2 aliphatic rings. The van der Waals surface area contributed by atoms with Crippen molar-refractivity contribution in [2.24, 2.45) is 5.92 Å². The summed E-state index contributed by atoms with van der Waals surface area (Å²) in [4.78, 5) is 10.3. The number of anilines is 1. The van der Waals surface area contributed by atoms with Crippen molar-refractivity contribution in [3.8, 4) is 6.19 Å². The Morgan fingerprint density at radius 2 is 2.35 bits per heavy atom. The Bertz CT molecular complexity index is 478. The van der Waals surface area contributed by atoms with Crippen molar-refractivity contribution >= 4 is 5.95 Å². The van der Waals surface area contributed by atoms with Crippen LogP contribution < -0.4 is 5.73 Å². The molecule has 0 spiro atoms. The number of hydrogen-bond donors (Lipinski definition) is 1. The van der Waals surface area contributed by atoms with E-state index < -0.39 is 0 Å². The van der Waals surface area contributed by atoms with Crippen LogP contribution in [0.25, 0.3) is 0 Å². The van der Waals surface area contributed by atoms with Crippen LogP contribution in [0.15, 0.2) is 6.20 Å². The monoisotopic (exact) mass is 229 g/mol. The molecule has 1 fully saturated rings. The molecular weight excluding hydrogens is 214 g/mol. The van der Waals surface area contributed by atoms with Crippen LogP contribution in [0.1, 0.15) is 24.1 Å². The van der Waals surface area contributed by atoms with Crippen molar-refractivity contribution in [2.75, 3.05) is 12.3 Å². The Kier molecular flexibility index (Phi) is 2.36. The van der Waals surface area contributed by atoms with Gasteiger partial charge in [-0.15, -0.1) is 0 Å². The van der Waals surface area contributed by atoms with Gasteiger partial charge in [0.15, 0.2) is 6.19 Å². The van der Waals surface area contributed by atoms with E-state index in [4.69, 9.17) is 11.0 Å². The highest BCUT2D eigenvalue weighted by Crippen LogP contribution is 2.33.